The lowest BCUT2D eigenvalue weighted by Gasteiger charge is -2.00. The number of rotatable bonds is 3. The Kier molecular flexibility index (Phi) is 3.69. The van der Waals surface area contributed by atoms with Crippen molar-refractivity contribution in [2.24, 2.45) is 5.10 Å². The van der Waals surface area contributed by atoms with Crippen LogP contribution in [0.5, 0.6) is 5.75 Å². The Bertz CT molecular complexity index is 671. The van der Waals surface area contributed by atoms with Gasteiger partial charge >= 0.3 is 0 Å². The number of nitrogens with one attached hydrogen (secondary N) is 1. The molecule has 2 aromatic rings. The molecule has 0 aliphatic rings. The van der Waals surface area contributed by atoms with Crippen LogP contribution in [0.2, 0.25) is 0 Å². The van der Waals surface area contributed by atoms with E-state index in [1.807, 2.05) is 24.3 Å². The summed E-state index contributed by atoms with van der Waals surface area (Å²) >= 11 is 4.97. The van der Waals surface area contributed by atoms with Crippen LogP contribution in [0, 0.1) is 4.77 Å². The number of methoxy groups -OCH3 is 1. The molecule has 0 aliphatic heterocycles. The molecule has 0 fully saturated rings. The monoisotopic (exact) mass is 261 g/mol. The molecule has 0 amide bonds. The van der Waals surface area contributed by atoms with Crippen molar-refractivity contribution in [3.8, 4) is 5.75 Å². The second kappa shape index (κ2) is 5.42. The average Bonchev–Trinajstić information content (AvgIpc) is 2.38. The van der Waals surface area contributed by atoms with Crippen molar-refractivity contribution < 1.29 is 4.74 Å². The van der Waals surface area contributed by atoms with Gasteiger partial charge < -0.3 is 4.74 Å². The molecule has 0 saturated heterocycles. The van der Waals surface area contributed by atoms with Gasteiger partial charge in [0.2, 0.25) is 4.77 Å². The van der Waals surface area contributed by atoms with Gasteiger partial charge in [-0.2, -0.15) is 5.10 Å². The quantitative estimate of drug-likeness (QED) is 0.677. The first-order chi connectivity index (χ1) is 8.69. The summed E-state index contributed by atoms with van der Waals surface area (Å²) in [5, 5.41) is 4.15. The zero-order chi connectivity index (χ0) is 13.0. The van der Waals surface area contributed by atoms with Crippen molar-refractivity contribution in [3.63, 3.8) is 0 Å². The van der Waals surface area contributed by atoms with Crippen LogP contribution in [0.1, 0.15) is 5.56 Å². The summed E-state index contributed by atoms with van der Waals surface area (Å²) in [4.78, 5) is 13.5. The van der Waals surface area contributed by atoms with E-state index in [1.54, 1.807) is 13.3 Å². The lowest BCUT2D eigenvalue weighted by Crippen LogP contribution is -2.08. The molecule has 0 unspecified atom stereocenters. The number of H-pyrrole nitrogens is 1. The van der Waals surface area contributed by atoms with Crippen molar-refractivity contribution in [1.29, 1.82) is 0 Å². The van der Waals surface area contributed by atoms with E-state index < -0.39 is 0 Å². The SMILES string of the molecule is COc1ccc(/C=N/n2ccc(=O)[nH]c2=S)cc1. The fraction of sp³-hybridized carbons (Fsp3) is 0.0833. The standard InChI is InChI=1S/C12H11N3O2S/c1-17-10-4-2-9(3-5-10)8-13-15-7-6-11(16)14-12(15)18/h2-8H,1H3,(H,14,16,18)/b13-8+. The summed E-state index contributed by atoms with van der Waals surface area (Å²) in [6, 6.07) is 8.79. The Hall–Kier alpha value is -2.21. The topological polar surface area (TPSA) is 59.4 Å². The van der Waals surface area contributed by atoms with Crippen LogP contribution in [-0.2, 0) is 0 Å². The minimum absolute atomic E-state index is 0.240. The van der Waals surface area contributed by atoms with Crippen LogP contribution >= 0.6 is 12.2 Å². The highest BCUT2D eigenvalue weighted by Gasteiger charge is 1.92. The van der Waals surface area contributed by atoms with E-state index >= 15 is 0 Å². The van der Waals surface area contributed by atoms with Gasteiger partial charge in [-0.1, -0.05) is 0 Å². The van der Waals surface area contributed by atoms with Crippen molar-refractivity contribution in [2.75, 3.05) is 7.11 Å². The first-order valence-electron chi connectivity index (χ1n) is 5.19. The summed E-state index contributed by atoms with van der Waals surface area (Å²) in [5.74, 6) is 0.785. The highest BCUT2D eigenvalue weighted by atomic mass is 32.1. The Balaban J connectivity index is 2.24. The second-order valence-corrected chi connectivity index (χ2v) is 3.86. The molecular weight excluding hydrogens is 250 g/mol. The molecule has 18 heavy (non-hydrogen) atoms. The van der Waals surface area contributed by atoms with E-state index in [0.717, 1.165) is 11.3 Å². The normalized spacial score (nSPS) is 10.7. The van der Waals surface area contributed by atoms with E-state index in [-0.39, 0.29) is 10.3 Å². The Morgan fingerprint density at radius 2 is 2.06 bits per heavy atom. The van der Waals surface area contributed by atoms with Gasteiger partial charge in [-0.25, -0.2) is 4.68 Å². The highest BCUT2D eigenvalue weighted by Crippen LogP contribution is 2.09. The molecule has 1 aromatic heterocycles. The van der Waals surface area contributed by atoms with Gasteiger partial charge in [-0.15, -0.1) is 0 Å². The molecule has 6 heteroatoms. The van der Waals surface area contributed by atoms with Crippen LogP contribution in [0.3, 0.4) is 0 Å². The number of hydrogen-bond donors (Lipinski definition) is 1. The minimum Gasteiger partial charge on any atom is -0.497 e. The number of aromatic amines is 1. The maximum Gasteiger partial charge on any atom is 0.251 e. The van der Waals surface area contributed by atoms with Gasteiger partial charge in [0, 0.05) is 12.3 Å². The summed E-state index contributed by atoms with van der Waals surface area (Å²) in [6.45, 7) is 0. The van der Waals surface area contributed by atoms with E-state index in [9.17, 15) is 4.79 Å². The van der Waals surface area contributed by atoms with Gasteiger partial charge in [-0.05, 0) is 42.0 Å². The number of aromatic nitrogens is 2. The van der Waals surface area contributed by atoms with Crippen LogP contribution in [0.15, 0.2) is 46.4 Å². The molecule has 0 atom stereocenters. The minimum atomic E-state index is -0.240. The third kappa shape index (κ3) is 2.92. The first-order valence-corrected chi connectivity index (χ1v) is 5.60. The Morgan fingerprint density at radius 1 is 1.33 bits per heavy atom. The Morgan fingerprint density at radius 3 is 2.67 bits per heavy atom. The second-order valence-electron chi connectivity index (χ2n) is 3.47. The van der Waals surface area contributed by atoms with E-state index in [4.69, 9.17) is 17.0 Å². The molecule has 0 aliphatic carbocycles. The predicted octanol–water partition coefficient (Wildman–Crippen LogP) is 1.80. The van der Waals surface area contributed by atoms with Crippen LogP contribution in [-0.4, -0.2) is 23.0 Å². The number of ether oxygens (including phenoxy) is 1. The molecule has 1 heterocycles. The molecule has 5 nitrogen and oxygen atoms in total. The fourth-order valence-electron chi connectivity index (χ4n) is 1.32. The number of nitrogens with zero attached hydrogens (tertiary/aromatic N) is 2. The van der Waals surface area contributed by atoms with Gasteiger partial charge in [0.05, 0.1) is 13.3 Å². The van der Waals surface area contributed by atoms with Gasteiger partial charge in [-0.3, -0.25) is 9.78 Å². The zero-order valence-electron chi connectivity index (χ0n) is 9.66. The number of benzene rings is 1. The third-order valence-corrected chi connectivity index (χ3v) is 2.54. The van der Waals surface area contributed by atoms with Crippen molar-refractivity contribution >= 4 is 18.4 Å². The molecule has 0 spiro atoms. The molecule has 0 saturated carbocycles. The lowest BCUT2D eigenvalue weighted by molar-refractivity contribution is 0.415. The van der Waals surface area contributed by atoms with Crippen LogP contribution in [0.25, 0.3) is 0 Å². The maximum atomic E-state index is 11.0. The lowest BCUT2D eigenvalue weighted by atomic mass is 10.2. The molecule has 0 radical (unpaired) electrons. The largest absolute Gasteiger partial charge is 0.497 e. The molecule has 2 rings (SSSR count). The highest BCUT2D eigenvalue weighted by molar-refractivity contribution is 7.71. The van der Waals surface area contributed by atoms with Crippen molar-refractivity contribution in [3.05, 3.63) is 57.2 Å². The number of hydrogen-bond acceptors (Lipinski definition) is 4. The predicted molar refractivity (Wildman–Crippen MR) is 71.9 cm³/mol. The maximum absolute atomic E-state index is 11.0. The summed E-state index contributed by atoms with van der Waals surface area (Å²) < 4.78 is 6.73. The average molecular weight is 261 g/mol. The van der Waals surface area contributed by atoms with Crippen LogP contribution < -0.4 is 10.3 Å². The van der Waals surface area contributed by atoms with Crippen LogP contribution in [0.4, 0.5) is 0 Å². The zero-order valence-corrected chi connectivity index (χ0v) is 10.5. The van der Waals surface area contributed by atoms with E-state index in [0.29, 0.717) is 0 Å². The first kappa shape index (κ1) is 12.3. The summed E-state index contributed by atoms with van der Waals surface area (Å²) in [6.07, 6.45) is 3.16. The van der Waals surface area contributed by atoms with E-state index in [2.05, 4.69) is 10.1 Å². The molecule has 1 N–H and O–H groups in total. The summed E-state index contributed by atoms with van der Waals surface area (Å²) in [5.41, 5.74) is 0.666. The van der Waals surface area contributed by atoms with Crippen molar-refractivity contribution in [1.82, 2.24) is 9.66 Å². The van der Waals surface area contributed by atoms with Gasteiger partial charge in [0.1, 0.15) is 5.75 Å². The summed E-state index contributed by atoms with van der Waals surface area (Å²) in [7, 11) is 1.61. The fourth-order valence-corrected chi connectivity index (χ4v) is 1.53. The van der Waals surface area contributed by atoms with Crippen molar-refractivity contribution in [2.45, 2.75) is 0 Å². The van der Waals surface area contributed by atoms with E-state index in [1.165, 1.54) is 16.9 Å². The molecule has 1 aromatic carbocycles. The van der Waals surface area contributed by atoms with Gasteiger partial charge in [0.25, 0.3) is 5.56 Å². The third-order valence-electron chi connectivity index (χ3n) is 2.25. The van der Waals surface area contributed by atoms with Gasteiger partial charge in [0.15, 0.2) is 0 Å². The molecular formula is C12H11N3O2S. The molecule has 0 bridgehead atoms. The Labute approximate surface area is 108 Å². The molecule has 92 valence electrons. The smallest absolute Gasteiger partial charge is 0.251 e.